The first-order valence-corrected chi connectivity index (χ1v) is 5.27. The number of aromatic nitrogens is 2. The van der Waals surface area contributed by atoms with Gasteiger partial charge in [-0.25, -0.2) is 4.79 Å². The predicted octanol–water partition coefficient (Wildman–Crippen LogP) is 2.72. The number of carboxylic acid groups (broad SMARTS) is 1. The average molecular weight is 226 g/mol. The molecular formula is C13H10N2O2. The molecule has 17 heavy (non-hydrogen) atoms. The Hall–Kier alpha value is -2.36. The van der Waals surface area contributed by atoms with Crippen LogP contribution in [0, 0.1) is 6.92 Å². The molecule has 0 atom stereocenters. The van der Waals surface area contributed by atoms with Crippen molar-refractivity contribution in [3.63, 3.8) is 0 Å². The number of benzene rings is 1. The number of carbonyl (C=O) groups is 1. The van der Waals surface area contributed by atoms with E-state index in [0.29, 0.717) is 0 Å². The summed E-state index contributed by atoms with van der Waals surface area (Å²) in [5.74, 6) is -0.947. The van der Waals surface area contributed by atoms with Gasteiger partial charge in [0.1, 0.15) is 5.69 Å². The highest BCUT2D eigenvalue weighted by Crippen LogP contribution is 2.27. The molecule has 3 aromatic rings. The lowest BCUT2D eigenvalue weighted by Gasteiger charge is -2.01. The second kappa shape index (κ2) is 3.31. The zero-order chi connectivity index (χ0) is 12.0. The highest BCUT2D eigenvalue weighted by atomic mass is 16.4. The smallest absolute Gasteiger partial charge is 0.352 e. The second-order valence-corrected chi connectivity index (χ2v) is 4.04. The Labute approximate surface area is 96.9 Å². The first-order valence-electron chi connectivity index (χ1n) is 5.27. The minimum atomic E-state index is -0.947. The summed E-state index contributed by atoms with van der Waals surface area (Å²) in [6.07, 6.45) is 1.73. The van der Waals surface area contributed by atoms with Gasteiger partial charge in [-0.15, -0.1) is 0 Å². The van der Waals surface area contributed by atoms with Gasteiger partial charge in [-0.3, -0.25) is 4.98 Å². The van der Waals surface area contributed by atoms with E-state index >= 15 is 0 Å². The number of H-pyrrole nitrogens is 1. The van der Waals surface area contributed by atoms with Crippen molar-refractivity contribution < 1.29 is 9.90 Å². The molecular weight excluding hydrogens is 216 g/mol. The van der Waals surface area contributed by atoms with Crippen LogP contribution < -0.4 is 0 Å². The number of rotatable bonds is 1. The maximum absolute atomic E-state index is 11.0. The van der Waals surface area contributed by atoms with Crippen molar-refractivity contribution in [3.05, 3.63) is 41.7 Å². The van der Waals surface area contributed by atoms with Gasteiger partial charge in [0, 0.05) is 22.5 Å². The molecule has 84 valence electrons. The summed E-state index contributed by atoms with van der Waals surface area (Å²) < 4.78 is 0. The highest BCUT2D eigenvalue weighted by molar-refractivity contribution is 6.09. The van der Waals surface area contributed by atoms with Crippen LogP contribution in [0.1, 0.15) is 16.1 Å². The number of aromatic carboxylic acids is 1. The van der Waals surface area contributed by atoms with Crippen LogP contribution in [0.15, 0.2) is 30.5 Å². The number of nitrogens with zero attached hydrogens (tertiary/aromatic N) is 1. The van der Waals surface area contributed by atoms with Crippen LogP contribution in [0.5, 0.6) is 0 Å². The van der Waals surface area contributed by atoms with Crippen molar-refractivity contribution in [2.24, 2.45) is 0 Å². The van der Waals surface area contributed by atoms with E-state index in [0.717, 1.165) is 27.4 Å². The lowest BCUT2D eigenvalue weighted by molar-refractivity contribution is 0.0691. The summed E-state index contributed by atoms with van der Waals surface area (Å²) in [5.41, 5.74) is 2.95. The molecule has 0 amide bonds. The Morgan fingerprint density at radius 2 is 2.18 bits per heavy atom. The van der Waals surface area contributed by atoms with Crippen molar-refractivity contribution in [2.75, 3.05) is 0 Å². The Morgan fingerprint density at radius 1 is 1.35 bits per heavy atom. The van der Waals surface area contributed by atoms with Crippen LogP contribution in [-0.4, -0.2) is 21.0 Å². The van der Waals surface area contributed by atoms with Gasteiger partial charge in [0.05, 0.1) is 5.52 Å². The standard InChI is InChI=1S/C13H10N2O2/c1-7-5-10-8(3-2-4-14-10)9-6-11(13(16)17)15-12(7)9/h2-6,15H,1H3,(H,16,17). The summed E-state index contributed by atoms with van der Waals surface area (Å²) in [6.45, 7) is 1.94. The third kappa shape index (κ3) is 1.38. The van der Waals surface area contributed by atoms with Gasteiger partial charge in [0.2, 0.25) is 0 Å². The fourth-order valence-electron chi connectivity index (χ4n) is 2.13. The van der Waals surface area contributed by atoms with Crippen LogP contribution in [0.4, 0.5) is 0 Å². The fraction of sp³-hybridized carbons (Fsp3) is 0.0769. The topological polar surface area (TPSA) is 66.0 Å². The van der Waals surface area contributed by atoms with E-state index in [1.807, 2.05) is 25.1 Å². The van der Waals surface area contributed by atoms with E-state index in [4.69, 9.17) is 5.11 Å². The molecule has 0 aliphatic rings. The lowest BCUT2D eigenvalue weighted by atomic mass is 10.1. The van der Waals surface area contributed by atoms with E-state index in [-0.39, 0.29) is 5.69 Å². The van der Waals surface area contributed by atoms with Crippen molar-refractivity contribution in [3.8, 4) is 0 Å². The minimum Gasteiger partial charge on any atom is -0.477 e. The molecule has 0 spiro atoms. The summed E-state index contributed by atoms with van der Waals surface area (Å²) in [4.78, 5) is 18.2. The monoisotopic (exact) mass is 226 g/mol. The zero-order valence-corrected chi connectivity index (χ0v) is 9.19. The largest absolute Gasteiger partial charge is 0.477 e. The molecule has 4 nitrogen and oxygen atoms in total. The van der Waals surface area contributed by atoms with E-state index < -0.39 is 5.97 Å². The van der Waals surface area contributed by atoms with Gasteiger partial charge in [-0.1, -0.05) is 6.07 Å². The maximum Gasteiger partial charge on any atom is 0.352 e. The van der Waals surface area contributed by atoms with Crippen molar-refractivity contribution in [1.82, 2.24) is 9.97 Å². The molecule has 0 aliphatic heterocycles. The number of hydrogen-bond acceptors (Lipinski definition) is 2. The van der Waals surface area contributed by atoms with E-state index in [1.165, 1.54) is 0 Å². The maximum atomic E-state index is 11.0. The summed E-state index contributed by atoms with van der Waals surface area (Å²) in [6, 6.07) is 7.42. The first-order chi connectivity index (χ1) is 8.16. The Bertz CT molecular complexity index is 744. The van der Waals surface area contributed by atoms with Crippen molar-refractivity contribution >= 4 is 27.8 Å². The van der Waals surface area contributed by atoms with E-state index in [9.17, 15) is 4.79 Å². The summed E-state index contributed by atoms with van der Waals surface area (Å²) in [5, 5.41) is 10.9. The Balaban J connectivity index is 2.51. The number of aryl methyl sites for hydroxylation is 1. The van der Waals surface area contributed by atoms with Gasteiger partial charge in [-0.2, -0.15) is 0 Å². The fourth-order valence-corrected chi connectivity index (χ4v) is 2.13. The number of nitrogens with one attached hydrogen (secondary N) is 1. The molecule has 0 aliphatic carbocycles. The van der Waals surface area contributed by atoms with Crippen LogP contribution in [0.3, 0.4) is 0 Å². The Morgan fingerprint density at radius 3 is 2.94 bits per heavy atom. The Kier molecular flexibility index (Phi) is 1.92. The third-order valence-corrected chi connectivity index (χ3v) is 2.92. The van der Waals surface area contributed by atoms with E-state index in [2.05, 4.69) is 9.97 Å². The number of carboxylic acids is 1. The number of aromatic amines is 1. The summed E-state index contributed by atoms with van der Waals surface area (Å²) >= 11 is 0. The molecule has 0 unspecified atom stereocenters. The quantitative estimate of drug-likeness (QED) is 0.670. The molecule has 0 bridgehead atoms. The average Bonchev–Trinajstić information content (AvgIpc) is 2.75. The lowest BCUT2D eigenvalue weighted by Crippen LogP contribution is -1.94. The highest BCUT2D eigenvalue weighted by Gasteiger charge is 2.11. The molecule has 2 heterocycles. The normalized spacial score (nSPS) is 11.1. The molecule has 0 saturated heterocycles. The van der Waals surface area contributed by atoms with E-state index in [1.54, 1.807) is 12.3 Å². The van der Waals surface area contributed by atoms with Crippen LogP contribution in [0.2, 0.25) is 0 Å². The van der Waals surface area contributed by atoms with Crippen molar-refractivity contribution in [1.29, 1.82) is 0 Å². The molecule has 0 radical (unpaired) electrons. The summed E-state index contributed by atoms with van der Waals surface area (Å²) in [7, 11) is 0. The third-order valence-electron chi connectivity index (χ3n) is 2.92. The van der Waals surface area contributed by atoms with Crippen molar-refractivity contribution in [2.45, 2.75) is 6.92 Å². The van der Waals surface area contributed by atoms with Gasteiger partial charge in [-0.05, 0) is 30.7 Å². The predicted molar refractivity (Wildman–Crippen MR) is 65.3 cm³/mol. The molecule has 1 aromatic carbocycles. The molecule has 0 saturated carbocycles. The van der Waals surface area contributed by atoms with Crippen LogP contribution >= 0.6 is 0 Å². The van der Waals surface area contributed by atoms with Crippen LogP contribution in [0.25, 0.3) is 21.8 Å². The van der Waals surface area contributed by atoms with Gasteiger partial charge >= 0.3 is 5.97 Å². The molecule has 3 rings (SSSR count). The second-order valence-electron chi connectivity index (χ2n) is 4.04. The van der Waals surface area contributed by atoms with Gasteiger partial charge in [0.15, 0.2) is 0 Å². The number of pyridine rings is 1. The zero-order valence-electron chi connectivity index (χ0n) is 9.19. The molecule has 2 N–H and O–H groups in total. The first kappa shape index (κ1) is 9.84. The molecule has 0 fully saturated rings. The number of fused-ring (bicyclic) bond motifs is 3. The SMILES string of the molecule is Cc1cc2ncccc2c2cc(C(=O)O)[nH]c12. The molecule has 2 aromatic heterocycles. The molecule has 4 heteroatoms. The van der Waals surface area contributed by atoms with Gasteiger partial charge in [0.25, 0.3) is 0 Å². The van der Waals surface area contributed by atoms with Crippen LogP contribution in [-0.2, 0) is 0 Å². The number of hydrogen-bond donors (Lipinski definition) is 2. The van der Waals surface area contributed by atoms with Gasteiger partial charge < -0.3 is 10.1 Å². The minimum absolute atomic E-state index is 0.208.